The topological polar surface area (TPSA) is 53.1 Å². The molecule has 0 bridgehead atoms. The van der Waals surface area contributed by atoms with Crippen molar-refractivity contribution in [1.82, 2.24) is 14.7 Å². The van der Waals surface area contributed by atoms with Crippen LogP contribution in [0.3, 0.4) is 0 Å². The molecule has 8 heteroatoms. The highest BCUT2D eigenvalue weighted by Crippen LogP contribution is 2.28. The van der Waals surface area contributed by atoms with E-state index in [-0.39, 0.29) is 36.0 Å². The molecule has 4 atom stereocenters. The van der Waals surface area contributed by atoms with Gasteiger partial charge in [0.1, 0.15) is 0 Å². The second kappa shape index (κ2) is 10.3. The summed E-state index contributed by atoms with van der Waals surface area (Å²) >= 11 is 12.1. The number of halogens is 2. The van der Waals surface area contributed by atoms with Crippen molar-refractivity contribution >= 4 is 35.0 Å². The fourth-order valence-electron chi connectivity index (χ4n) is 5.46. The van der Waals surface area contributed by atoms with Gasteiger partial charge in [-0.25, -0.2) is 0 Å². The van der Waals surface area contributed by atoms with Crippen molar-refractivity contribution in [3.05, 3.63) is 33.8 Å². The van der Waals surface area contributed by atoms with E-state index in [9.17, 15) is 9.59 Å². The summed E-state index contributed by atoms with van der Waals surface area (Å²) in [6.07, 6.45) is 4.21. The first-order valence-corrected chi connectivity index (χ1v) is 12.5. The Labute approximate surface area is 200 Å². The molecule has 4 rings (SSSR count). The van der Waals surface area contributed by atoms with Crippen molar-refractivity contribution in [1.29, 1.82) is 0 Å². The maximum Gasteiger partial charge on any atom is 0.253 e. The van der Waals surface area contributed by atoms with Crippen molar-refractivity contribution in [2.45, 2.75) is 57.8 Å². The fourth-order valence-corrected chi connectivity index (χ4v) is 5.75. The summed E-state index contributed by atoms with van der Waals surface area (Å²) in [5.41, 5.74) is 0.516. The number of hydrogen-bond donors (Lipinski definition) is 0. The highest BCUT2D eigenvalue weighted by atomic mass is 35.5. The number of piperidine rings is 1. The fraction of sp³-hybridized carbons (Fsp3) is 0.667. The number of carbonyl (C=O) groups excluding carboxylic acids is 2. The molecule has 0 N–H and O–H groups in total. The largest absolute Gasteiger partial charge is 0.373 e. The molecule has 0 aromatic heterocycles. The van der Waals surface area contributed by atoms with Crippen LogP contribution in [-0.4, -0.2) is 84.0 Å². The number of ether oxygens (including phenoxy) is 1. The molecule has 32 heavy (non-hydrogen) atoms. The lowest BCUT2D eigenvalue weighted by atomic mass is 9.95. The summed E-state index contributed by atoms with van der Waals surface area (Å²) in [7, 11) is 0. The third-order valence-corrected chi connectivity index (χ3v) is 7.59. The van der Waals surface area contributed by atoms with Gasteiger partial charge < -0.3 is 14.5 Å². The number of morpholine rings is 1. The molecular formula is C24H33Cl2N3O3. The van der Waals surface area contributed by atoms with Crippen LogP contribution < -0.4 is 0 Å². The van der Waals surface area contributed by atoms with E-state index in [4.69, 9.17) is 27.9 Å². The molecule has 0 unspecified atom stereocenters. The molecular weight excluding hydrogens is 449 g/mol. The van der Waals surface area contributed by atoms with E-state index < -0.39 is 0 Å². The average Bonchev–Trinajstić information content (AvgIpc) is 3.22. The SMILES string of the molecule is C[C@@H]1CN(C[C@@H]2CCCN2C(=O)[C@H]2CCCN(C(=O)c3ccc(Cl)c(Cl)c3)C2)C[C@H](C)O1. The van der Waals surface area contributed by atoms with Crippen molar-refractivity contribution in [2.75, 3.05) is 39.3 Å². The summed E-state index contributed by atoms with van der Waals surface area (Å²) in [5, 5.41) is 0.799. The Morgan fingerprint density at radius 2 is 1.72 bits per heavy atom. The first kappa shape index (κ1) is 23.8. The Bertz CT molecular complexity index is 842. The third-order valence-electron chi connectivity index (χ3n) is 6.85. The highest BCUT2D eigenvalue weighted by Gasteiger charge is 2.37. The number of nitrogens with zero attached hydrogens (tertiary/aromatic N) is 3. The van der Waals surface area contributed by atoms with Crippen molar-refractivity contribution in [2.24, 2.45) is 5.92 Å². The number of likely N-dealkylation sites (tertiary alicyclic amines) is 2. The maximum atomic E-state index is 13.5. The van der Waals surface area contributed by atoms with E-state index in [1.54, 1.807) is 23.1 Å². The summed E-state index contributed by atoms with van der Waals surface area (Å²) in [6, 6.07) is 5.20. The molecule has 6 nitrogen and oxygen atoms in total. The Kier molecular flexibility index (Phi) is 7.65. The molecule has 3 fully saturated rings. The van der Waals surface area contributed by atoms with Crippen LogP contribution in [0.4, 0.5) is 0 Å². The Morgan fingerprint density at radius 1 is 1.00 bits per heavy atom. The molecule has 0 radical (unpaired) electrons. The standard InChI is InChI=1S/C24H33Cl2N3O3/c1-16-12-27(13-17(2)32-16)15-20-6-4-10-29(20)24(31)19-5-3-9-28(14-19)23(30)18-7-8-21(25)22(26)11-18/h7-8,11,16-17,19-20H,3-6,9-10,12-15H2,1-2H3/t16-,17+,19-,20-/m0/s1. The number of carbonyl (C=O) groups is 2. The van der Waals surface area contributed by atoms with Gasteiger partial charge in [0.25, 0.3) is 5.91 Å². The lowest BCUT2D eigenvalue weighted by molar-refractivity contribution is -0.138. The smallest absolute Gasteiger partial charge is 0.253 e. The molecule has 0 saturated carbocycles. The molecule has 0 spiro atoms. The predicted octanol–water partition coefficient (Wildman–Crippen LogP) is 3.95. The summed E-state index contributed by atoms with van der Waals surface area (Å²) in [5.74, 6) is -0.0255. The van der Waals surface area contributed by atoms with E-state index >= 15 is 0 Å². The van der Waals surface area contributed by atoms with Crippen LogP contribution in [0.1, 0.15) is 49.9 Å². The van der Waals surface area contributed by atoms with Gasteiger partial charge in [-0.1, -0.05) is 23.2 Å². The van der Waals surface area contributed by atoms with E-state index in [2.05, 4.69) is 23.6 Å². The Balaban J connectivity index is 1.38. The van der Waals surface area contributed by atoms with Crippen LogP contribution in [0, 0.1) is 5.92 Å². The quantitative estimate of drug-likeness (QED) is 0.653. The summed E-state index contributed by atoms with van der Waals surface area (Å²) in [6.45, 7) is 8.90. The summed E-state index contributed by atoms with van der Waals surface area (Å²) in [4.78, 5) is 32.8. The molecule has 2 amide bonds. The van der Waals surface area contributed by atoms with E-state index in [1.165, 1.54) is 0 Å². The van der Waals surface area contributed by atoms with Gasteiger partial charge in [0, 0.05) is 50.9 Å². The minimum absolute atomic E-state index is 0.0877. The van der Waals surface area contributed by atoms with Gasteiger partial charge in [-0.15, -0.1) is 0 Å². The Morgan fingerprint density at radius 3 is 2.44 bits per heavy atom. The zero-order chi connectivity index (χ0) is 22.8. The monoisotopic (exact) mass is 481 g/mol. The molecule has 176 valence electrons. The second-order valence-electron chi connectivity index (χ2n) is 9.52. The van der Waals surface area contributed by atoms with Gasteiger partial charge in [-0.3, -0.25) is 14.5 Å². The molecule has 1 aromatic rings. The second-order valence-corrected chi connectivity index (χ2v) is 10.3. The first-order valence-electron chi connectivity index (χ1n) is 11.7. The average molecular weight is 482 g/mol. The Hall–Kier alpha value is -1.34. The van der Waals surface area contributed by atoms with E-state index in [0.29, 0.717) is 28.7 Å². The van der Waals surface area contributed by atoms with Crippen LogP contribution in [0.2, 0.25) is 10.0 Å². The maximum absolute atomic E-state index is 13.5. The third kappa shape index (κ3) is 5.41. The van der Waals surface area contributed by atoms with Crippen LogP contribution in [0.25, 0.3) is 0 Å². The lowest BCUT2D eigenvalue weighted by Gasteiger charge is -2.39. The van der Waals surface area contributed by atoms with Gasteiger partial charge in [-0.2, -0.15) is 0 Å². The van der Waals surface area contributed by atoms with Crippen LogP contribution in [0.15, 0.2) is 18.2 Å². The normalized spacial score (nSPS) is 29.4. The molecule has 3 aliphatic rings. The molecule has 3 saturated heterocycles. The van der Waals surface area contributed by atoms with Gasteiger partial charge in [-0.05, 0) is 57.7 Å². The highest BCUT2D eigenvalue weighted by molar-refractivity contribution is 6.42. The van der Waals surface area contributed by atoms with Crippen molar-refractivity contribution in [3.8, 4) is 0 Å². The molecule has 0 aliphatic carbocycles. The van der Waals surface area contributed by atoms with Crippen molar-refractivity contribution < 1.29 is 14.3 Å². The van der Waals surface area contributed by atoms with Gasteiger partial charge in [0.15, 0.2) is 0 Å². The van der Waals surface area contributed by atoms with Gasteiger partial charge >= 0.3 is 0 Å². The zero-order valence-electron chi connectivity index (χ0n) is 18.9. The zero-order valence-corrected chi connectivity index (χ0v) is 20.4. The predicted molar refractivity (Wildman–Crippen MR) is 126 cm³/mol. The number of benzene rings is 1. The van der Waals surface area contributed by atoms with Crippen LogP contribution in [0.5, 0.6) is 0 Å². The minimum Gasteiger partial charge on any atom is -0.373 e. The number of hydrogen-bond acceptors (Lipinski definition) is 4. The number of rotatable bonds is 4. The van der Waals surface area contributed by atoms with E-state index in [0.717, 1.165) is 51.9 Å². The van der Waals surface area contributed by atoms with Crippen LogP contribution in [-0.2, 0) is 9.53 Å². The van der Waals surface area contributed by atoms with Crippen molar-refractivity contribution in [3.63, 3.8) is 0 Å². The molecule has 3 heterocycles. The molecule has 3 aliphatic heterocycles. The van der Waals surface area contributed by atoms with Gasteiger partial charge in [0.2, 0.25) is 5.91 Å². The van der Waals surface area contributed by atoms with Crippen LogP contribution >= 0.6 is 23.2 Å². The number of amides is 2. The summed E-state index contributed by atoms with van der Waals surface area (Å²) < 4.78 is 5.86. The van der Waals surface area contributed by atoms with E-state index in [1.807, 2.05) is 0 Å². The lowest BCUT2D eigenvalue weighted by Crippen LogP contribution is -2.53. The molecule has 1 aromatic carbocycles. The first-order chi connectivity index (χ1) is 15.3. The minimum atomic E-state index is -0.140. The van der Waals surface area contributed by atoms with Gasteiger partial charge in [0.05, 0.1) is 28.2 Å².